The number of aromatic nitrogens is 1. The molecule has 0 amide bonds. The zero-order valence-electron chi connectivity index (χ0n) is 13.0. The lowest BCUT2D eigenvalue weighted by Gasteiger charge is -2.11. The maximum Gasteiger partial charge on any atom is 0.341 e. The predicted octanol–water partition coefficient (Wildman–Crippen LogP) is 1.42. The Morgan fingerprint density at radius 3 is 2.43 bits per heavy atom. The van der Waals surface area contributed by atoms with Crippen LogP contribution in [0.1, 0.15) is 34.6 Å². The second kappa shape index (κ2) is 6.12. The van der Waals surface area contributed by atoms with Crippen LogP contribution >= 0.6 is 0 Å². The second-order valence-electron chi connectivity index (χ2n) is 5.00. The highest BCUT2D eigenvalue weighted by Crippen LogP contribution is 2.13. The molecule has 0 atom stereocenters. The Hall–Kier alpha value is -2.82. The molecule has 0 fully saturated rings. The summed E-state index contributed by atoms with van der Waals surface area (Å²) >= 11 is 0. The molecule has 1 aliphatic heterocycles. The second-order valence-corrected chi connectivity index (χ2v) is 5.00. The lowest BCUT2D eigenvalue weighted by atomic mass is 10.1. The molecule has 3 heterocycles. The van der Waals surface area contributed by atoms with Gasteiger partial charge >= 0.3 is 11.9 Å². The molecule has 5 heteroatoms. The number of hydrogen-bond acceptors (Lipinski definition) is 4. The first-order chi connectivity index (χ1) is 11.2. The number of pyridine rings is 1. The Kier molecular flexibility index (Phi) is 4.02. The summed E-state index contributed by atoms with van der Waals surface area (Å²) in [6, 6.07) is 5.51. The number of nitrogens with zero attached hydrogens (tertiary/aromatic N) is 1. The number of carbonyl (C=O) groups excluding carboxylic acids is 2. The molecule has 0 radical (unpaired) electrons. The van der Waals surface area contributed by atoms with E-state index < -0.39 is 11.9 Å². The van der Waals surface area contributed by atoms with Crippen LogP contribution in [0.3, 0.4) is 0 Å². The van der Waals surface area contributed by atoms with E-state index in [1.54, 1.807) is 26.0 Å². The molecule has 0 unspecified atom stereocenters. The Balaban J connectivity index is 2.40. The highest BCUT2D eigenvalue weighted by Gasteiger charge is 2.23. The molecule has 5 nitrogen and oxygen atoms in total. The van der Waals surface area contributed by atoms with Gasteiger partial charge in [-0.1, -0.05) is 12.2 Å². The Bertz CT molecular complexity index is 934. The lowest BCUT2D eigenvalue weighted by molar-refractivity contribution is 0.0477. The number of allylic oxidation sites excluding steroid dienone is 2. The lowest BCUT2D eigenvalue weighted by Crippen LogP contribution is -2.32. The van der Waals surface area contributed by atoms with Crippen molar-refractivity contribution in [1.29, 1.82) is 0 Å². The highest BCUT2D eigenvalue weighted by molar-refractivity contribution is 6.04. The molecule has 0 N–H and O–H groups in total. The van der Waals surface area contributed by atoms with Gasteiger partial charge in [0.2, 0.25) is 0 Å². The van der Waals surface area contributed by atoms with Gasteiger partial charge in [0, 0.05) is 10.9 Å². The Labute approximate surface area is 133 Å². The van der Waals surface area contributed by atoms with Crippen LogP contribution in [-0.4, -0.2) is 29.6 Å². The molecule has 23 heavy (non-hydrogen) atoms. The topological polar surface area (TPSA) is 57.0 Å². The van der Waals surface area contributed by atoms with E-state index in [4.69, 9.17) is 9.47 Å². The van der Waals surface area contributed by atoms with E-state index in [1.165, 1.54) is 0 Å². The first kappa shape index (κ1) is 15.1. The number of ether oxygens (including phenoxy) is 2. The van der Waals surface area contributed by atoms with E-state index in [9.17, 15) is 9.59 Å². The van der Waals surface area contributed by atoms with Crippen LogP contribution in [0.25, 0.3) is 17.7 Å². The van der Waals surface area contributed by atoms with Crippen LogP contribution in [0.5, 0.6) is 0 Å². The van der Waals surface area contributed by atoms with E-state index in [0.717, 1.165) is 10.9 Å². The van der Waals surface area contributed by atoms with Crippen LogP contribution in [0.4, 0.5) is 0 Å². The SMILES string of the molecule is CCOC(=O)c1cc2ccc3n2c(c1C(=O)OCC)=CC=CC=3. The third-order valence-corrected chi connectivity index (χ3v) is 3.61. The van der Waals surface area contributed by atoms with Gasteiger partial charge in [-0.2, -0.15) is 0 Å². The molecular weight excluding hydrogens is 294 g/mol. The summed E-state index contributed by atoms with van der Waals surface area (Å²) in [5, 5.41) is 1.55. The molecule has 0 bridgehead atoms. The fourth-order valence-electron chi connectivity index (χ4n) is 2.71. The molecule has 0 aliphatic carbocycles. The van der Waals surface area contributed by atoms with E-state index in [2.05, 4.69) is 0 Å². The maximum atomic E-state index is 12.5. The van der Waals surface area contributed by atoms with Crippen molar-refractivity contribution in [3.63, 3.8) is 0 Å². The quantitative estimate of drug-likeness (QED) is 0.802. The van der Waals surface area contributed by atoms with Crippen LogP contribution in [0, 0.1) is 0 Å². The largest absolute Gasteiger partial charge is 0.462 e. The summed E-state index contributed by atoms with van der Waals surface area (Å²) in [7, 11) is 0. The highest BCUT2D eigenvalue weighted by atomic mass is 16.5. The summed E-state index contributed by atoms with van der Waals surface area (Å²) in [6.45, 7) is 3.94. The van der Waals surface area contributed by atoms with Crippen molar-refractivity contribution < 1.29 is 19.1 Å². The minimum Gasteiger partial charge on any atom is -0.462 e. The summed E-state index contributed by atoms with van der Waals surface area (Å²) < 4.78 is 12.2. The first-order valence-electron chi connectivity index (χ1n) is 7.54. The number of esters is 2. The van der Waals surface area contributed by atoms with Gasteiger partial charge in [-0.25, -0.2) is 9.59 Å². The van der Waals surface area contributed by atoms with E-state index in [1.807, 2.05) is 34.8 Å². The molecule has 2 aromatic heterocycles. The minimum atomic E-state index is -0.529. The van der Waals surface area contributed by atoms with Crippen LogP contribution in [-0.2, 0) is 9.47 Å². The number of carbonyl (C=O) groups is 2. The summed E-state index contributed by atoms with van der Waals surface area (Å²) in [4.78, 5) is 24.8. The van der Waals surface area contributed by atoms with E-state index >= 15 is 0 Å². The van der Waals surface area contributed by atoms with Gasteiger partial charge < -0.3 is 13.9 Å². The molecule has 2 aromatic rings. The van der Waals surface area contributed by atoms with E-state index in [0.29, 0.717) is 5.35 Å². The molecule has 0 saturated carbocycles. The van der Waals surface area contributed by atoms with Crippen molar-refractivity contribution in [2.75, 3.05) is 13.2 Å². The fraction of sp³-hybridized carbons (Fsp3) is 0.222. The van der Waals surface area contributed by atoms with Crippen LogP contribution < -0.4 is 10.7 Å². The Morgan fingerprint density at radius 1 is 1.00 bits per heavy atom. The predicted molar refractivity (Wildman–Crippen MR) is 86.6 cm³/mol. The van der Waals surface area contributed by atoms with Crippen molar-refractivity contribution in [1.82, 2.24) is 4.40 Å². The van der Waals surface area contributed by atoms with Gasteiger partial charge in [0.1, 0.15) is 0 Å². The Morgan fingerprint density at radius 2 is 1.70 bits per heavy atom. The summed E-state index contributed by atoms with van der Waals surface area (Å²) in [6.07, 6.45) is 7.47. The van der Waals surface area contributed by atoms with Gasteiger partial charge in [-0.15, -0.1) is 0 Å². The van der Waals surface area contributed by atoms with Gasteiger partial charge in [0.15, 0.2) is 0 Å². The van der Waals surface area contributed by atoms with E-state index in [-0.39, 0.29) is 24.3 Å². The van der Waals surface area contributed by atoms with Crippen molar-refractivity contribution in [2.45, 2.75) is 13.8 Å². The minimum absolute atomic E-state index is 0.226. The van der Waals surface area contributed by atoms with Crippen molar-refractivity contribution in [2.24, 2.45) is 0 Å². The average Bonchev–Trinajstić information content (AvgIpc) is 2.81. The third-order valence-electron chi connectivity index (χ3n) is 3.61. The molecule has 0 saturated heterocycles. The molecule has 0 spiro atoms. The average molecular weight is 311 g/mol. The van der Waals surface area contributed by atoms with Crippen molar-refractivity contribution >= 4 is 29.6 Å². The maximum absolute atomic E-state index is 12.5. The van der Waals surface area contributed by atoms with Crippen molar-refractivity contribution in [3.8, 4) is 0 Å². The third kappa shape index (κ3) is 2.54. The summed E-state index contributed by atoms with van der Waals surface area (Å²) in [5.74, 6) is -1.05. The normalized spacial score (nSPS) is 12.3. The van der Waals surface area contributed by atoms with Gasteiger partial charge in [-0.3, -0.25) is 0 Å². The van der Waals surface area contributed by atoms with Crippen LogP contribution in [0.2, 0.25) is 0 Å². The fourth-order valence-corrected chi connectivity index (χ4v) is 2.71. The smallest absolute Gasteiger partial charge is 0.341 e. The zero-order chi connectivity index (χ0) is 16.4. The standard InChI is InChI=1S/C18H17NO4/c1-3-22-17(20)14-11-13-10-9-12-7-5-6-8-15(19(12)13)16(14)18(21)23-4-2/h5-11H,3-4H2,1-2H3. The number of rotatable bonds is 4. The van der Waals surface area contributed by atoms with Gasteiger partial charge in [0.05, 0.1) is 29.7 Å². The van der Waals surface area contributed by atoms with Gasteiger partial charge in [0.25, 0.3) is 0 Å². The molecule has 3 rings (SSSR count). The summed E-state index contributed by atoms with van der Waals surface area (Å²) in [5.41, 5.74) is 1.28. The van der Waals surface area contributed by atoms with Crippen molar-refractivity contribution in [3.05, 3.63) is 52.2 Å². The monoisotopic (exact) mass is 311 g/mol. The van der Waals surface area contributed by atoms with Gasteiger partial charge in [-0.05, 0) is 44.2 Å². The van der Waals surface area contributed by atoms with Crippen LogP contribution in [0.15, 0.2) is 30.4 Å². The molecule has 1 aliphatic rings. The molecule has 118 valence electrons. The number of hydrogen-bond donors (Lipinski definition) is 0. The zero-order valence-corrected chi connectivity index (χ0v) is 13.0. The molecular formula is C18H17NO4. The molecule has 0 aromatic carbocycles. The first-order valence-corrected chi connectivity index (χ1v) is 7.54.